The highest BCUT2D eigenvalue weighted by Gasteiger charge is 1.85. The van der Waals surface area contributed by atoms with Crippen molar-refractivity contribution in [2.24, 2.45) is 0 Å². The smallest absolute Gasteiger partial charge is 0.450 e. The summed E-state index contributed by atoms with van der Waals surface area (Å²) in [5.74, 6) is 0. The molecule has 2 N–H and O–H groups in total. The second kappa shape index (κ2) is 8.97. The average Bonchev–Trinajstić information content (AvgIpc) is 2.29. The fourth-order valence-corrected chi connectivity index (χ4v) is 1.13. The fraction of sp³-hybridized carbons (Fsp3) is 0.0714. The second-order valence-corrected chi connectivity index (χ2v) is 3.04. The van der Waals surface area contributed by atoms with Crippen molar-refractivity contribution in [2.45, 2.75) is 6.92 Å². The van der Waals surface area contributed by atoms with E-state index >= 15 is 0 Å². The van der Waals surface area contributed by atoms with E-state index in [1.54, 1.807) is 6.08 Å². The molecule has 0 saturated carbocycles. The van der Waals surface area contributed by atoms with Gasteiger partial charge in [0, 0.05) is 0 Å². The molecular weight excluding hydrogens is 216 g/mol. The first-order valence-corrected chi connectivity index (χ1v) is 5.04. The summed E-state index contributed by atoms with van der Waals surface area (Å²) in [5.41, 5.74) is 0. The molecule has 0 aliphatic heterocycles. The molecule has 0 heterocycles. The number of hydrogen-bond donors (Lipinski definition) is 2. The summed E-state index contributed by atoms with van der Waals surface area (Å²) < 4.78 is 0. The van der Waals surface area contributed by atoms with Crippen molar-refractivity contribution in [3.05, 3.63) is 61.2 Å². The number of rotatable bonds is 0. The quantitative estimate of drug-likeness (QED) is 0.667. The van der Waals surface area contributed by atoms with E-state index in [1.807, 2.05) is 6.92 Å². The van der Waals surface area contributed by atoms with Gasteiger partial charge in [0.05, 0.1) is 0 Å². The van der Waals surface area contributed by atoms with E-state index in [9.17, 15) is 0 Å². The number of fused-ring (bicyclic) bond motifs is 1. The van der Waals surface area contributed by atoms with E-state index in [0.717, 1.165) is 0 Å². The van der Waals surface area contributed by atoms with E-state index < -0.39 is 6.16 Å². The van der Waals surface area contributed by atoms with Gasteiger partial charge in [-0.2, -0.15) is 0 Å². The Morgan fingerprint density at radius 1 is 1.00 bits per heavy atom. The highest BCUT2D eigenvalue weighted by atomic mass is 16.6. The number of hydrogen-bond acceptors (Lipinski definition) is 1. The molecule has 0 aliphatic rings. The van der Waals surface area contributed by atoms with E-state index in [2.05, 4.69) is 55.1 Å². The van der Waals surface area contributed by atoms with Gasteiger partial charge >= 0.3 is 6.16 Å². The van der Waals surface area contributed by atoms with Crippen LogP contribution in [0.2, 0.25) is 0 Å². The number of carbonyl (C=O) groups is 1. The molecule has 0 aliphatic carbocycles. The van der Waals surface area contributed by atoms with Crippen LogP contribution >= 0.6 is 0 Å². The first-order chi connectivity index (χ1) is 8.11. The largest absolute Gasteiger partial charge is 0.503 e. The Morgan fingerprint density at radius 3 is 1.35 bits per heavy atom. The summed E-state index contributed by atoms with van der Waals surface area (Å²) in [4.78, 5) is 8.56. The van der Waals surface area contributed by atoms with Crippen LogP contribution in [0.1, 0.15) is 6.92 Å². The molecule has 2 aromatic carbocycles. The molecule has 0 aromatic heterocycles. The third-order valence-corrected chi connectivity index (χ3v) is 1.66. The van der Waals surface area contributed by atoms with Crippen LogP contribution in [0.25, 0.3) is 10.8 Å². The van der Waals surface area contributed by atoms with Gasteiger partial charge in [0.2, 0.25) is 0 Å². The Morgan fingerprint density at radius 2 is 1.18 bits per heavy atom. The third-order valence-electron chi connectivity index (χ3n) is 1.66. The van der Waals surface area contributed by atoms with Gasteiger partial charge in [-0.15, -0.1) is 6.58 Å². The van der Waals surface area contributed by atoms with Crippen molar-refractivity contribution < 1.29 is 15.0 Å². The number of carboxylic acid groups (broad SMARTS) is 2. The predicted octanol–water partition coefficient (Wildman–Crippen LogP) is 4.25. The Bertz CT molecular complexity index is 394. The lowest BCUT2D eigenvalue weighted by Crippen LogP contribution is -1.81. The fourth-order valence-electron chi connectivity index (χ4n) is 1.13. The highest BCUT2D eigenvalue weighted by molar-refractivity contribution is 5.81. The minimum absolute atomic E-state index is 1.31. The van der Waals surface area contributed by atoms with Crippen molar-refractivity contribution in [2.75, 3.05) is 0 Å². The Hall–Kier alpha value is -2.29. The topological polar surface area (TPSA) is 57.5 Å². The molecule has 0 fully saturated rings. The predicted molar refractivity (Wildman–Crippen MR) is 70.5 cm³/mol. The molecular formula is C14H16O3. The Balaban J connectivity index is 0.000000311. The van der Waals surface area contributed by atoms with Gasteiger partial charge in [-0.3, -0.25) is 0 Å². The first-order valence-electron chi connectivity index (χ1n) is 5.04. The van der Waals surface area contributed by atoms with Crippen LogP contribution in [0.5, 0.6) is 0 Å². The van der Waals surface area contributed by atoms with Crippen molar-refractivity contribution in [3.63, 3.8) is 0 Å². The molecule has 0 atom stereocenters. The van der Waals surface area contributed by atoms with Crippen LogP contribution in [0.15, 0.2) is 61.2 Å². The van der Waals surface area contributed by atoms with Crippen LogP contribution in [-0.4, -0.2) is 16.4 Å². The van der Waals surface area contributed by atoms with Crippen LogP contribution in [0, 0.1) is 0 Å². The van der Waals surface area contributed by atoms with Crippen LogP contribution in [-0.2, 0) is 0 Å². The van der Waals surface area contributed by atoms with E-state index in [0.29, 0.717) is 0 Å². The zero-order chi connectivity index (χ0) is 13.1. The standard InChI is InChI=1S/C10H8.C3H6.CH2O3/c1-2-6-10-8-4-3-7-9(10)5-1;1-3-2;2-1(3)4/h1-8H;3H,1H2,2H3;(H2,2,3,4). The molecule has 90 valence electrons. The SMILES string of the molecule is C=CC.O=C(O)O.c1ccc2ccccc2c1. The van der Waals surface area contributed by atoms with Crippen LogP contribution in [0.4, 0.5) is 4.79 Å². The lowest BCUT2D eigenvalue weighted by atomic mass is 10.1. The van der Waals surface area contributed by atoms with Crippen molar-refractivity contribution >= 4 is 16.9 Å². The molecule has 3 nitrogen and oxygen atoms in total. The van der Waals surface area contributed by atoms with Gasteiger partial charge in [0.25, 0.3) is 0 Å². The summed E-state index contributed by atoms with van der Waals surface area (Å²) >= 11 is 0. The molecule has 0 spiro atoms. The van der Waals surface area contributed by atoms with Crippen molar-refractivity contribution in [1.82, 2.24) is 0 Å². The Labute approximate surface area is 101 Å². The summed E-state index contributed by atoms with van der Waals surface area (Å²) in [5, 5.41) is 16.6. The summed E-state index contributed by atoms with van der Waals surface area (Å²) in [6.45, 7) is 5.25. The lowest BCUT2D eigenvalue weighted by Gasteiger charge is -1.92. The number of benzene rings is 2. The third kappa shape index (κ3) is 7.62. The maximum atomic E-state index is 8.56. The summed E-state index contributed by atoms with van der Waals surface area (Å²) in [6, 6.07) is 16.7. The Kier molecular flexibility index (Phi) is 7.76. The second-order valence-electron chi connectivity index (χ2n) is 3.04. The molecule has 0 amide bonds. The van der Waals surface area contributed by atoms with Gasteiger partial charge in [-0.1, -0.05) is 54.6 Å². The number of allylic oxidation sites excluding steroid dienone is 1. The zero-order valence-electron chi connectivity index (χ0n) is 9.71. The van der Waals surface area contributed by atoms with Crippen LogP contribution in [0.3, 0.4) is 0 Å². The lowest BCUT2D eigenvalue weighted by molar-refractivity contribution is 0.137. The van der Waals surface area contributed by atoms with E-state index in [1.165, 1.54) is 10.8 Å². The van der Waals surface area contributed by atoms with Crippen molar-refractivity contribution in [1.29, 1.82) is 0 Å². The monoisotopic (exact) mass is 232 g/mol. The molecule has 0 unspecified atom stereocenters. The van der Waals surface area contributed by atoms with Crippen LogP contribution < -0.4 is 0 Å². The molecule has 2 rings (SSSR count). The minimum atomic E-state index is -1.83. The molecule has 0 saturated heterocycles. The maximum Gasteiger partial charge on any atom is 0.503 e. The summed E-state index contributed by atoms with van der Waals surface area (Å²) in [7, 11) is 0. The van der Waals surface area contributed by atoms with Gasteiger partial charge in [-0.25, -0.2) is 4.79 Å². The molecule has 0 radical (unpaired) electrons. The van der Waals surface area contributed by atoms with E-state index in [4.69, 9.17) is 15.0 Å². The van der Waals surface area contributed by atoms with Crippen molar-refractivity contribution in [3.8, 4) is 0 Å². The zero-order valence-corrected chi connectivity index (χ0v) is 9.71. The van der Waals surface area contributed by atoms with E-state index in [-0.39, 0.29) is 0 Å². The molecule has 3 heteroatoms. The van der Waals surface area contributed by atoms with Gasteiger partial charge in [-0.05, 0) is 17.7 Å². The molecule has 0 bridgehead atoms. The normalized spacial score (nSPS) is 8.06. The highest BCUT2D eigenvalue weighted by Crippen LogP contribution is 2.11. The minimum Gasteiger partial charge on any atom is -0.450 e. The van der Waals surface area contributed by atoms with Gasteiger partial charge in [0.1, 0.15) is 0 Å². The molecule has 2 aromatic rings. The van der Waals surface area contributed by atoms with Gasteiger partial charge in [0.15, 0.2) is 0 Å². The average molecular weight is 232 g/mol. The maximum absolute atomic E-state index is 8.56. The first kappa shape index (κ1) is 14.7. The van der Waals surface area contributed by atoms with Gasteiger partial charge < -0.3 is 10.2 Å². The summed E-state index contributed by atoms with van der Waals surface area (Å²) in [6.07, 6.45) is -0.0833. The molecule has 17 heavy (non-hydrogen) atoms.